The Morgan fingerprint density at radius 2 is 1.53 bits per heavy atom. The summed E-state index contributed by atoms with van der Waals surface area (Å²) < 4.78 is 0.922. The van der Waals surface area contributed by atoms with Gasteiger partial charge in [-0.1, -0.05) is 30.3 Å². The number of hydrogen-bond acceptors (Lipinski definition) is 6. The van der Waals surface area contributed by atoms with E-state index in [1.54, 1.807) is 54.6 Å². The summed E-state index contributed by atoms with van der Waals surface area (Å²) in [6.45, 7) is 3.75. The summed E-state index contributed by atoms with van der Waals surface area (Å²) in [5, 5.41) is 16.6. The highest BCUT2D eigenvalue weighted by atomic mass is 16.3. The molecular weight excluding hydrogens is 436 g/mol. The number of nitrogens with zero attached hydrogens (tertiary/aromatic N) is 3. The van der Waals surface area contributed by atoms with Gasteiger partial charge >= 0.3 is 5.69 Å². The molecule has 0 saturated heterocycles. The maximum atomic E-state index is 13.0. The van der Waals surface area contributed by atoms with Crippen molar-refractivity contribution in [2.45, 2.75) is 13.8 Å². The first-order valence-electron chi connectivity index (χ1n) is 10.4. The van der Waals surface area contributed by atoms with E-state index in [0.29, 0.717) is 27.2 Å². The van der Waals surface area contributed by atoms with Crippen molar-refractivity contribution in [1.29, 1.82) is 0 Å². The Morgan fingerprint density at radius 3 is 2.15 bits per heavy atom. The number of benzene rings is 3. The molecule has 4 aromatic rings. The van der Waals surface area contributed by atoms with Gasteiger partial charge in [0.2, 0.25) is 5.88 Å². The average Bonchev–Trinajstić information content (AvgIpc) is 2.81. The standard InChI is InChI=1S/C25H18N4O5/c1-13-9-10-16(11-14(13)2)28-22(31)19(21(30)27-25(28)34)12-26-29-23(32)17-7-3-5-15-6-4-8-18(20(15)17)24(29)33/h3-12,31H,1-2H3,(H,27,30,34). The van der Waals surface area contributed by atoms with Crippen molar-refractivity contribution in [1.82, 2.24) is 14.6 Å². The third-order valence-electron chi connectivity index (χ3n) is 5.92. The van der Waals surface area contributed by atoms with Crippen molar-refractivity contribution in [2.75, 3.05) is 0 Å². The second-order valence-corrected chi connectivity index (χ2v) is 7.98. The van der Waals surface area contributed by atoms with Crippen LogP contribution in [0.4, 0.5) is 0 Å². The molecule has 3 aromatic carbocycles. The van der Waals surface area contributed by atoms with Crippen LogP contribution in [-0.4, -0.2) is 37.7 Å². The topological polar surface area (TPSA) is 125 Å². The van der Waals surface area contributed by atoms with E-state index in [4.69, 9.17) is 0 Å². The molecule has 0 radical (unpaired) electrons. The number of rotatable bonds is 3. The van der Waals surface area contributed by atoms with Gasteiger partial charge in [-0.05, 0) is 54.6 Å². The number of hydrogen-bond donors (Lipinski definition) is 2. The number of nitrogens with one attached hydrogen (secondary N) is 1. The zero-order chi connectivity index (χ0) is 24.1. The van der Waals surface area contributed by atoms with Gasteiger partial charge in [0.05, 0.1) is 23.0 Å². The Bertz CT molecular complexity index is 1630. The number of carbonyl (C=O) groups is 2. The van der Waals surface area contributed by atoms with Crippen LogP contribution in [0.3, 0.4) is 0 Å². The maximum absolute atomic E-state index is 13.0. The molecule has 9 nitrogen and oxygen atoms in total. The van der Waals surface area contributed by atoms with Gasteiger partial charge in [0.1, 0.15) is 5.56 Å². The Morgan fingerprint density at radius 1 is 0.882 bits per heavy atom. The summed E-state index contributed by atoms with van der Waals surface area (Å²) in [6, 6.07) is 15.3. The minimum absolute atomic E-state index is 0.295. The van der Waals surface area contributed by atoms with Crippen molar-refractivity contribution >= 4 is 28.8 Å². The maximum Gasteiger partial charge on any atom is 0.335 e. The van der Waals surface area contributed by atoms with Gasteiger partial charge in [0.15, 0.2) is 0 Å². The van der Waals surface area contributed by atoms with E-state index in [1.807, 2.05) is 13.8 Å². The summed E-state index contributed by atoms with van der Waals surface area (Å²) >= 11 is 0. The minimum atomic E-state index is -0.911. The summed E-state index contributed by atoms with van der Waals surface area (Å²) in [4.78, 5) is 53.0. The van der Waals surface area contributed by atoms with E-state index in [9.17, 15) is 24.3 Å². The first-order chi connectivity index (χ1) is 16.3. The van der Waals surface area contributed by atoms with Gasteiger partial charge in [0.25, 0.3) is 17.4 Å². The predicted octanol–water partition coefficient (Wildman–Crippen LogP) is 2.63. The van der Waals surface area contributed by atoms with E-state index >= 15 is 0 Å². The van der Waals surface area contributed by atoms with Gasteiger partial charge in [-0.25, -0.2) is 9.36 Å². The zero-order valence-corrected chi connectivity index (χ0v) is 18.2. The van der Waals surface area contributed by atoms with Gasteiger partial charge in [-0.3, -0.25) is 19.4 Å². The van der Waals surface area contributed by atoms with Gasteiger partial charge < -0.3 is 5.11 Å². The van der Waals surface area contributed by atoms with Crippen LogP contribution in [0.1, 0.15) is 37.4 Å². The number of aromatic hydroxyl groups is 1. The predicted molar refractivity (Wildman–Crippen MR) is 126 cm³/mol. The average molecular weight is 454 g/mol. The number of hydrazone groups is 1. The molecule has 2 amide bonds. The normalized spacial score (nSPS) is 13.3. The number of imide groups is 1. The molecule has 1 aromatic heterocycles. The number of aromatic amines is 1. The lowest BCUT2D eigenvalue weighted by Gasteiger charge is -2.23. The molecule has 0 atom stereocenters. The SMILES string of the molecule is Cc1ccc(-n2c(O)c(C=NN3C(=O)c4cccc5cccc(c45)C3=O)c(=O)[nH]c2=O)cc1C. The van der Waals surface area contributed by atoms with E-state index < -0.39 is 28.9 Å². The molecule has 0 unspecified atom stereocenters. The van der Waals surface area contributed by atoms with Crippen LogP contribution < -0.4 is 11.2 Å². The van der Waals surface area contributed by atoms with Crippen LogP contribution >= 0.6 is 0 Å². The molecule has 9 heteroatoms. The third kappa shape index (κ3) is 3.14. The highest BCUT2D eigenvalue weighted by Crippen LogP contribution is 2.30. The molecule has 168 valence electrons. The molecule has 0 bridgehead atoms. The molecule has 0 aliphatic carbocycles. The van der Waals surface area contributed by atoms with E-state index in [2.05, 4.69) is 10.1 Å². The minimum Gasteiger partial charge on any atom is -0.493 e. The lowest BCUT2D eigenvalue weighted by molar-refractivity contribution is 0.0616. The Hall–Kier alpha value is -4.79. The summed E-state index contributed by atoms with van der Waals surface area (Å²) in [7, 11) is 0. The van der Waals surface area contributed by atoms with Crippen LogP contribution in [0.5, 0.6) is 5.88 Å². The Balaban J connectivity index is 1.61. The molecule has 5 rings (SSSR count). The summed E-state index contributed by atoms with van der Waals surface area (Å²) in [5.74, 6) is -1.99. The molecule has 34 heavy (non-hydrogen) atoms. The van der Waals surface area contributed by atoms with E-state index in [0.717, 1.165) is 27.3 Å². The van der Waals surface area contributed by atoms with Crippen molar-refractivity contribution < 1.29 is 14.7 Å². The second-order valence-electron chi connectivity index (χ2n) is 7.98. The van der Waals surface area contributed by atoms with Crippen LogP contribution in [0.15, 0.2) is 69.3 Å². The molecule has 0 saturated carbocycles. The van der Waals surface area contributed by atoms with Crippen LogP contribution in [0, 0.1) is 13.8 Å². The van der Waals surface area contributed by atoms with Crippen LogP contribution in [0.25, 0.3) is 16.5 Å². The smallest absolute Gasteiger partial charge is 0.335 e. The second kappa shape index (κ2) is 7.66. The van der Waals surface area contributed by atoms with Gasteiger partial charge in [0, 0.05) is 5.39 Å². The Labute approximate surface area is 192 Å². The quantitative estimate of drug-likeness (QED) is 0.364. The summed E-state index contributed by atoms with van der Waals surface area (Å²) in [5.41, 5.74) is 0.658. The number of aryl methyl sites for hydroxylation is 2. The lowest BCUT2D eigenvalue weighted by Crippen LogP contribution is -2.37. The molecule has 2 heterocycles. The molecule has 1 aliphatic heterocycles. The third-order valence-corrected chi connectivity index (χ3v) is 5.92. The molecule has 1 aliphatic rings. The Kier molecular flexibility index (Phi) is 4.75. The molecule has 0 spiro atoms. The molecule has 0 fully saturated rings. The van der Waals surface area contributed by atoms with Crippen molar-refractivity contribution in [3.8, 4) is 11.6 Å². The fraction of sp³-hybridized carbons (Fsp3) is 0.0800. The summed E-state index contributed by atoms with van der Waals surface area (Å²) in [6.07, 6.45) is 0.898. The first-order valence-corrected chi connectivity index (χ1v) is 10.4. The van der Waals surface area contributed by atoms with Crippen molar-refractivity contribution in [2.24, 2.45) is 5.10 Å². The zero-order valence-electron chi connectivity index (χ0n) is 18.2. The van der Waals surface area contributed by atoms with Crippen molar-refractivity contribution in [3.63, 3.8) is 0 Å². The number of amides is 2. The van der Waals surface area contributed by atoms with Crippen LogP contribution in [-0.2, 0) is 0 Å². The monoisotopic (exact) mass is 454 g/mol. The largest absolute Gasteiger partial charge is 0.493 e. The van der Waals surface area contributed by atoms with Gasteiger partial charge in [-0.2, -0.15) is 10.1 Å². The fourth-order valence-corrected chi connectivity index (χ4v) is 4.00. The lowest BCUT2D eigenvalue weighted by atomic mass is 9.95. The van der Waals surface area contributed by atoms with E-state index in [1.165, 1.54) is 0 Å². The first kappa shape index (κ1) is 21.1. The molecular formula is C25H18N4O5. The number of carbonyl (C=O) groups excluding carboxylic acids is 2. The number of aromatic nitrogens is 2. The van der Waals surface area contributed by atoms with Gasteiger partial charge in [-0.15, -0.1) is 0 Å². The fourth-order valence-electron chi connectivity index (χ4n) is 4.00. The molecule has 2 N–H and O–H groups in total. The van der Waals surface area contributed by atoms with Crippen LogP contribution in [0.2, 0.25) is 0 Å². The van der Waals surface area contributed by atoms with E-state index in [-0.39, 0.29) is 5.56 Å². The highest BCUT2D eigenvalue weighted by molar-refractivity contribution is 6.25. The number of H-pyrrole nitrogens is 1. The highest BCUT2D eigenvalue weighted by Gasteiger charge is 2.32. The van der Waals surface area contributed by atoms with Crippen molar-refractivity contribution in [3.05, 3.63) is 103 Å².